The van der Waals surface area contributed by atoms with Crippen LogP contribution in [-0.2, 0) is 0 Å². The second-order valence-electron chi connectivity index (χ2n) is 2.45. The van der Waals surface area contributed by atoms with Gasteiger partial charge in [0.05, 0.1) is 6.20 Å². The van der Waals surface area contributed by atoms with Crippen molar-refractivity contribution >= 4 is 18.0 Å². The number of hydrogen-bond donors (Lipinski definition) is 0. The molecular formula is C9H6N2O2S. The van der Waals surface area contributed by atoms with E-state index in [0.717, 1.165) is 11.3 Å². The number of rotatable bonds is 3. The van der Waals surface area contributed by atoms with Gasteiger partial charge in [-0.15, -0.1) is 0 Å². The van der Waals surface area contributed by atoms with Crippen LogP contribution >= 0.6 is 11.8 Å². The lowest BCUT2D eigenvalue weighted by Crippen LogP contribution is -1.83. The molecule has 0 aromatic carbocycles. The van der Waals surface area contributed by atoms with Crippen LogP contribution in [0.25, 0.3) is 0 Å². The molecule has 0 bridgehead atoms. The van der Waals surface area contributed by atoms with E-state index < -0.39 is 0 Å². The predicted octanol–water partition coefficient (Wildman–Crippen LogP) is 2.03. The van der Waals surface area contributed by atoms with Gasteiger partial charge in [0.15, 0.2) is 6.29 Å². The number of hydrogen-bond acceptors (Lipinski definition) is 5. The standard InChI is InChI=1S/C9H6N2O2S/c12-6-7-1-2-8(11-5-7)14-9-10-3-4-13-9/h1-6H. The fraction of sp³-hybridized carbons (Fsp3) is 0. The van der Waals surface area contributed by atoms with Gasteiger partial charge in [0.25, 0.3) is 5.22 Å². The molecule has 70 valence electrons. The summed E-state index contributed by atoms with van der Waals surface area (Å²) in [6, 6.07) is 3.45. The average Bonchev–Trinajstić information content (AvgIpc) is 2.72. The van der Waals surface area contributed by atoms with Crippen molar-refractivity contribution < 1.29 is 9.21 Å². The smallest absolute Gasteiger partial charge is 0.261 e. The van der Waals surface area contributed by atoms with Gasteiger partial charge in [0.1, 0.15) is 11.3 Å². The Morgan fingerprint density at radius 3 is 2.86 bits per heavy atom. The number of oxazole rings is 1. The summed E-state index contributed by atoms with van der Waals surface area (Å²) in [5, 5.41) is 1.29. The third-order valence-corrected chi connectivity index (χ3v) is 2.32. The number of aldehydes is 1. The van der Waals surface area contributed by atoms with Crippen LogP contribution in [0, 0.1) is 0 Å². The summed E-state index contributed by atoms with van der Waals surface area (Å²) in [6.07, 6.45) is 5.34. The molecule has 2 aromatic rings. The van der Waals surface area contributed by atoms with E-state index in [2.05, 4.69) is 9.97 Å². The van der Waals surface area contributed by atoms with Gasteiger partial charge in [0.2, 0.25) is 0 Å². The van der Waals surface area contributed by atoms with Gasteiger partial charge in [-0.25, -0.2) is 9.97 Å². The maximum atomic E-state index is 10.4. The molecule has 0 aliphatic heterocycles. The molecule has 0 radical (unpaired) electrons. The highest BCUT2D eigenvalue weighted by atomic mass is 32.2. The fourth-order valence-electron chi connectivity index (χ4n) is 0.872. The third-order valence-electron chi connectivity index (χ3n) is 1.50. The molecule has 0 amide bonds. The summed E-state index contributed by atoms with van der Waals surface area (Å²) in [4.78, 5) is 18.4. The van der Waals surface area contributed by atoms with Gasteiger partial charge in [0, 0.05) is 11.8 Å². The van der Waals surface area contributed by atoms with Crippen LogP contribution in [0.1, 0.15) is 10.4 Å². The Hall–Kier alpha value is -1.62. The zero-order valence-corrected chi connectivity index (χ0v) is 7.90. The zero-order chi connectivity index (χ0) is 9.80. The van der Waals surface area contributed by atoms with Gasteiger partial charge in [-0.2, -0.15) is 0 Å². The molecule has 2 heterocycles. The molecule has 4 nitrogen and oxygen atoms in total. The summed E-state index contributed by atoms with van der Waals surface area (Å²) >= 11 is 1.31. The van der Waals surface area contributed by atoms with Gasteiger partial charge < -0.3 is 4.42 Å². The summed E-state index contributed by atoms with van der Waals surface area (Å²) in [5.41, 5.74) is 0.557. The number of pyridine rings is 1. The first-order chi connectivity index (χ1) is 6.88. The van der Waals surface area contributed by atoms with E-state index in [1.165, 1.54) is 24.2 Å². The maximum Gasteiger partial charge on any atom is 0.261 e. The van der Waals surface area contributed by atoms with Crippen molar-refractivity contribution in [2.75, 3.05) is 0 Å². The largest absolute Gasteiger partial charge is 0.440 e. The Morgan fingerprint density at radius 1 is 1.36 bits per heavy atom. The summed E-state index contributed by atoms with van der Waals surface area (Å²) in [5.74, 6) is 0. The number of aromatic nitrogens is 2. The number of nitrogens with zero attached hydrogens (tertiary/aromatic N) is 2. The lowest BCUT2D eigenvalue weighted by atomic mass is 10.3. The lowest BCUT2D eigenvalue weighted by Gasteiger charge is -1.95. The van der Waals surface area contributed by atoms with E-state index in [1.54, 1.807) is 18.3 Å². The quantitative estimate of drug-likeness (QED) is 0.719. The minimum Gasteiger partial charge on any atom is -0.440 e. The first kappa shape index (κ1) is 8.96. The highest BCUT2D eigenvalue weighted by Crippen LogP contribution is 2.23. The molecule has 0 fully saturated rings. The molecule has 0 unspecified atom stereocenters. The molecule has 0 spiro atoms. The monoisotopic (exact) mass is 206 g/mol. The highest BCUT2D eigenvalue weighted by Gasteiger charge is 2.02. The Bertz CT molecular complexity index is 411. The molecular weight excluding hydrogens is 200 g/mol. The topological polar surface area (TPSA) is 56.0 Å². The van der Waals surface area contributed by atoms with Crippen LogP contribution in [0.5, 0.6) is 0 Å². The molecule has 0 atom stereocenters. The van der Waals surface area contributed by atoms with Crippen molar-refractivity contribution in [3.63, 3.8) is 0 Å². The van der Waals surface area contributed by atoms with Crippen LogP contribution < -0.4 is 0 Å². The van der Waals surface area contributed by atoms with E-state index >= 15 is 0 Å². The van der Waals surface area contributed by atoms with E-state index in [4.69, 9.17) is 4.42 Å². The molecule has 0 aliphatic rings. The second kappa shape index (κ2) is 4.06. The average molecular weight is 206 g/mol. The minimum absolute atomic E-state index is 0.538. The Labute approximate surface area is 84.4 Å². The maximum absolute atomic E-state index is 10.4. The van der Waals surface area contributed by atoms with Crippen molar-refractivity contribution in [1.82, 2.24) is 9.97 Å². The van der Waals surface area contributed by atoms with Crippen molar-refractivity contribution in [1.29, 1.82) is 0 Å². The van der Waals surface area contributed by atoms with Crippen LogP contribution in [0.2, 0.25) is 0 Å². The molecule has 0 N–H and O–H groups in total. The molecule has 0 saturated carbocycles. The van der Waals surface area contributed by atoms with Crippen LogP contribution in [0.15, 0.2) is 45.5 Å². The zero-order valence-electron chi connectivity index (χ0n) is 7.08. The number of carbonyl (C=O) groups excluding carboxylic acids is 1. The van der Waals surface area contributed by atoms with Crippen LogP contribution in [0.3, 0.4) is 0 Å². The summed E-state index contributed by atoms with van der Waals surface area (Å²) < 4.78 is 5.04. The first-order valence-corrected chi connectivity index (χ1v) is 4.69. The molecule has 0 aliphatic carbocycles. The van der Waals surface area contributed by atoms with Crippen LogP contribution in [-0.4, -0.2) is 16.3 Å². The Morgan fingerprint density at radius 2 is 2.29 bits per heavy atom. The lowest BCUT2D eigenvalue weighted by molar-refractivity contribution is 0.112. The highest BCUT2D eigenvalue weighted by molar-refractivity contribution is 7.99. The summed E-state index contributed by atoms with van der Waals surface area (Å²) in [7, 11) is 0. The fourth-order valence-corrected chi connectivity index (χ4v) is 1.51. The van der Waals surface area contributed by atoms with Crippen molar-refractivity contribution in [2.45, 2.75) is 10.2 Å². The molecule has 2 aromatic heterocycles. The van der Waals surface area contributed by atoms with E-state index in [-0.39, 0.29) is 0 Å². The van der Waals surface area contributed by atoms with Crippen LogP contribution in [0.4, 0.5) is 0 Å². The molecule has 5 heteroatoms. The van der Waals surface area contributed by atoms with Crippen molar-refractivity contribution in [3.8, 4) is 0 Å². The molecule has 2 rings (SSSR count). The molecule has 14 heavy (non-hydrogen) atoms. The normalized spacial score (nSPS) is 10.0. The Kier molecular flexibility index (Phi) is 2.60. The third kappa shape index (κ3) is 2.00. The molecule has 0 saturated heterocycles. The predicted molar refractivity (Wildman–Crippen MR) is 50.3 cm³/mol. The van der Waals surface area contributed by atoms with E-state index in [1.807, 2.05) is 0 Å². The Balaban J connectivity index is 2.14. The van der Waals surface area contributed by atoms with Gasteiger partial charge in [-0.05, 0) is 23.9 Å². The van der Waals surface area contributed by atoms with E-state index in [9.17, 15) is 4.79 Å². The SMILES string of the molecule is O=Cc1ccc(Sc2ncco2)nc1. The second-order valence-corrected chi connectivity index (χ2v) is 3.42. The van der Waals surface area contributed by atoms with Crippen molar-refractivity contribution in [3.05, 3.63) is 36.4 Å². The van der Waals surface area contributed by atoms with Gasteiger partial charge in [-0.3, -0.25) is 4.79 Å². The van der Waals surface area contributed by atoms with Gasteiger partial charge >= 0.3 is 0 Å². The van der Waals surface area contributed by atoms with E-state index in [0.29, 0.717) is 10.8 Å². The minimum atomic E-state index is 0.538. The first-order valence-electron chi connectivity index (χ1n) is 3.87. The van der Waals surface area contributed by atoms with Crippen molar-refractivity contribution in [2.24, 2.45) is 0 Å². The van der Waals surface area contributed by atoms with Gasteiger partial charge in [-0.1, -0.05) is 0 Å². The number of carbonyl (C=O) groups is 1. The summed E-state index contributed by atoms with van der Waals surface area (Å²) in [6.45, 7) is 0.